The second kappa shape index (κ2) is 13.5. The fourth-order valence-electron chi connectivity index (χ4n) is 4.23. The number of amides is 1. The van der Waals surface area contributed by atoms with E-state index in [-0.39, 0.29) is 29.9 Å². The number of piperazine rings is 1. The third-order valence-corrected chi connectivity index (χ3v) is 6.38. The molecule has 0 aliphatic carbocycles. The van der Waals surface area contributed by atoms with E-state index in [2.05, 4.69) is 29.1 Å². The second-order valence-electron chi connectivity index (χ2n) is 8.45. The van der Waals surface area contributed by atoms with Crippen molar-refractivity contribution < 1.29 is 4.79 Å². The third-order valence-electron chi connectivity index (χ3n) is 6.15. The van der Waals surface area contributed by atoms with Gasteiger partial charge in [0.1, 0.15) is 0 Å². The number of carbonyl (C=O) groups excluding carboxylic acids is 1. The Labute approximate surface area is 209 Å². The number of guanidine groups is 1. The first kappa shape index (κ1) is 26.2. The zero-order valence-corrected chi connectivity index (χ0v) is 21.9. The van der Waals surface area contributed by atoms with Crippen LogP contribution in [0.5, 0.6) is 0 Å². The van der Waals surface area contributed by atoms with Crippen molar-refractivity contribution >= 4 is 47.4 Å². The van der Waals surface area contributed by atoms with Gasteiger partial charge in [0, 0.05) is 44.3 Å². The number of halogens is 2. The van der Waals surface area contributed by atoms with Crippen LogP contribution in [0.4, 0.5) is 0 Å². The molecule has 31 heavy (non-hydrogen) atoms. The van der Waals surface area contributed by atoms with E-state index in [1.54, 1.807) is 0 Å². The first-order valence-corrected chi connectivity index (χ1v) is 11.7. The van der Waals surface area contributed by atoms with Gasteiger partial charge in [0.2, 0.25) is 5.91 Å². The van der Waals surface area contributed by atoms with Gasteiger partial charge in [-0.3, -0.25) is 9.79 Å². The smallest absolute Gasteiger partial charge is 0.227 e. The van der Waals surface area contributed by atoms with Gasteiger partial charge in [0.15, 0.2) is 5.96 Å². The highest BCUT2D eigenvalue weighted by molar-refractivity contribution is 14.0. The maximum atomic E-state index is 12.7. The summed E-state index contributed by atoms with van der Waals surface area (Å²) < 4.78 is 0. The van der Waals surface area contributed by atoms with Crippen LogP contribution in [-0.4, -0.2) is 86.0 Å². The Hall–Kier alpha value is -1.06. The molecule has 0 atom stereocenters. The minimum Gasteiger partial charge on any atom is -0.357 e. The van der Waals surface area contributed by atoms with Crippen LogP contribution in [0, 0.1) is 5.92 Å². The fourth-order valence-corrected chi connectivity index (χ4v) is 4.44. The van der Waals surface area contributed by atoms with Crippen LogP contribution < -0.4 is 5.32 Å². The average molecular weight is 562 g/mol. The quantitative estimate of drug-likeness (QED) is 0.329. The highest BCUT2D eigenvalue weighted by Gasteiger charge is 2.23. The van der Waals surface area contributed by atoms with Crippen molar-refractivity contribution in [1.29, 1.82) is 0 Å². The molecule has 1 aromatic rings. The topological polar surface area (TPSA) is 51.2 Å². The van der Waals surface area contributed by atoms with Crippen molar-refractivity contribution in [1.82, 2.24) is 20.0 Å². The molecule has 2 saturated heterocycles. The summed E-state index contributed by atoms with van der Waals surface area (Å²) in [5.74, 6) is 1.96. The number of nitrogens with zero attached hydrogens (tertiary/aromatic N) is 4. The maximum Gasteiger partial charge on any atom is 0.227 e. The van der Waals surface area contributed by atoms with Gasteiger partial charge in [0.25, 0.3) is 0 Å². The normalized spacial score (nSPS) is 18.6. The van der Waals surface area contributed by atoms with Crippen LogP contribution in [0.3, 0.4) is 0 Å². The molecule has 174 valence electrons. The zero-order chi connectivity index (χ0) is 21.3. The standard InChI is InChI=1S/C23H36ClN5O.HI/c1-3-25-23(26-10-7-19-8-11-27(2)12-9-19)29-15-13-28(14-16-29)22(30)18-20-5-4-6-21(24)17-20;/h4-6,17,19H,3,7-16,18H2,1-2H3,(H,25,26);1H. The van der Waals surface area contributed by atoms with E-state index < -0.39 is 0 Å². The minimum atomic E-state index is 0. The Bertz CT molecular complexity index is 716. The molecule has 0 radical (unpaired) electrons. The van der Waals surface area contributed by atoms with Crippen molar-refractivity contribution in [3.63, 3.8) is 0 Å². The zero-order valence-electron chi connectivity index (χ0n) is 18.9. The Morgan fingerprint density at radius 2 is 1.81 bits per heavy atom. The van der Waals surface area contributed by atoms with Crippen LogP contribution in [0.15, 0.2) is 29.3 Å². The van der Waals surface area contributed by atoms with Gasteiger partial charge in [-0.05, 0) is 69.9 Å². The number of rotatable bonds is 6. The summed E-state index contributed by atoms with van der Waals surface area (Å²) >= 11 is 6.04. The summed E-state index contributed by atoms with van der Waals surface area (Å²) in [7, 11) is 2.21. The summed E-state index contributed by atoms with van der Waals surface area (Å²) in [4.78, 5) is 24.2. The van der Waals surface area contributed by atoms with Crippen LogP contribution in [-0.2, 0) is 11.2 Å². The molecule has 2 aliphatic heterocycles. The maximum absolute atomic E-state index is 12.7. The number of carbonyl (C=O) groups is 1. The molecule has 0 unspecified atom stereocenters. The molecule has 6 nitrogen and oxygen atoms in total. The van der Waals surface area contributed by atoms with E-state index in [4.69, 9.17) is 16.6 Å². The summed E-state index contributed by atoms with van der Waals surface area (Å²) in [5, 5.41) is 4.11. The van der Waals surface area contributed by atoms with Gasteiger partial charge in [-0.25, -0.2) is 0 Å². The lowest BCUT2D eigenvalue weighted by molar-refractivity contribution is -0.131. The number of benzene rings is 1. The summed E-state index contributed by atoms with van der Waals surface area (Å²) in [6.45, 7) is 9.38. The molecule has 0 bridgehead atoms. The Kier molecular flexibility index (Phi) is 11.4. The van der Waals surface area contributed by atoms with E-state index in [0.29, 0.717) is 11.4 Å². The average Bonchev–Trinajstić information content (AvgIpc) is 2.75. The lowest BCUT2D eigenvalue weighted by Gasteiger charge is -2.36. The molecule has 0 saturated carbocycles. The van der Waals surface area contributed by atoms with Crippen LogP contribution in [0.2, 0.25) is 5.02 Å². The first-order chi connectivity index (χ1) is 14.5. The minimum absolute atomic E-state index is 0. The summed E-state index contributed by atoms with van der Waals surface area (Å²) in [6, 6.07) is 7.56. The number of piperidine rings is 1. The molecule has 1 aromatic carbocycles. The molecule has 0 aromatic heterocycles. The number of hydrogen-bond donors (Lipinski definition) is 1. The third kappa shape index (κ3) is 8.42. The molecule has 8 heteroatoms. The SMILES string of the molecule is CCNC(=NCCC1CCN(C)CC1)N1CCN(C(=O)Cc2cccc(Cl)c2)CC1.I. The first-order valence-electron chi connectivity index (χ1n) is 11.3. The lowest BCUT2D eigenvalue weighted by atomic mass is 9.94. The van der Waals surface area contributed by atoms with E-state index in [1.807, 2.05) is 29.2 Å². The van der Waals surface area contributed by atoms with E-state index in [0.717, 1.165) is 56.7 Å². The lowest BCUT2D eigenvalue weighted by Crippen LogP contribution is -2.54. The highest BCUT2D eigenvalue weighted by Crippen LogP contribution is 2.19. The van der Waals surface area contributed by atoms with Crippen molar-refractivity contribution in [3.05, 3.63) is 34.9 Å². The number of aliphatic imine (C=N–C) groups is 1. The van der Waals surface area contributed by atoms with Crippen molar-refractivity contribution in [2.75, 3.05) is 59.4 Å². The van der Waals surface area contributed by atoms with Crippen molar-refractivity contribution in [2.45, 2.75) is 32.6 Å². The van der Waals surface area contributed by atoms with Gasteiger partial charge >= 0.3 is 0 Å². The molecule has 1 amide bonds. The summed E-state index contributed by atoms with van der Waals surface area (Å²) in [6.07, 6.45) is 4.15. The second-order valence-corrected chi connectivity index (χ2v) is 8.88. The van der Waals surface area contributed by atoms with Crippen LogP contribution in [0.25, 0.3) is 0 Å². The molecule has 2 heterocycles. The van der Waals surface area contributed by atoms with Gasteiger partial charge in [-0.15, -0.1) is 24.0 Å². The molecular formula is C23H37ClIN5O. The van der Waals surface area contributed by atoms with Gasteiger partial charge in [-0.1, -0.05) is 23.7 Å². The molecule has 2 fully saturated rings. The number of hydrogen-bond acceptors (Lipinski definition) is 3. The summed E-state index contributed by atoms with van der Waals surface area (Å²) in [5.41, 5.74) is 0.971. The molecule has 1 N–H and O–H groups in total. The van der Waals surface area contributed by atoms with Gasteiger partial charge < -0.3 is 20.0 Å². The predicted molar refractivity (Wildman–Crippen MR) is 140 cm³/mol. The van der Waals surface area contributed by atoms with E-state index in [1.165, 1.54) is 32.4 Å². The largest absolute Gasteiger partial charge is 0.357 e. The number of nitrogens with one attached hydrogen (secondary N) is 1. The van der Waals surface area contributed by atoms with E-state index in [9.17, 15) is 4.79 Å². The Morgan fingerprint density at radius 3 is 2.45 bits per heavy atom. The molecule has 0 spiro atoms. The van der Waals surface area contributed by atoms with Gasteiger partial charge in [-0.2, -0.15) is 0 Å². The van der Waals surface area contributed by atoms with E-state index >= 15 is 0 Å². The Morgan fingerprint density at radius 1 is 1.13 bits per heavy atom. The molecule has 3 rings (SSSR count). The molecule has 2 aliphatic rings. The van der Waals surface area contributed by atoms with Crippen molar-refractivity contribution in [2.24, 2.45) is 10.9 Å². The highest BCUT2D eigenvalue weighted by atomic mass is 127. The molecular weight excluding hydrogens is 525 g/mol. The predicted octanol–water partition coefficient (Wildman–Crippen LogP) is 3.34. The number of likely N-dealkylation sites (tertiary alicyclic amines) is 1. The van der Waals surface area contributed by atoms with Crippen LogP contribution >= 0.6 is 35.6 Å². The fraction of sp³-hybridized carbons (Fsp3) is 0.652. The van der Waals surface area contributed by atoms with Gasteiger partial charge in [0.05, 0.1) is 6.42 Å². The Balaban J connectivity index is 0.00000341. The monoisotopic (exact) mass is 561 g/mol. The van der Waals surface area contributed by atoms with Crippen LogP contribution in [0.1, 0.15) is 31.7 Å². The van der Waals surface area contributed by atoms with Crippen molar-refractivity contribution in [3.8, 4) is 0 Å².